The van der Waals surface area contributed by atoms with E-state index in [1.165, 1.54) is 0 Å². The predicted octanol–water partition coefficient (Wildman–Crippen LogP) is 1.82. The fourth-order valence-corrected chi connectivity index (χ4v) is 2.36. The van der Waals surface area contributed by atoms with Crippen LogP contribution in [0.3, 0.4) is 0 Å². The van der Waals surface area contributed by atoms with Crippen molar-refractivity contribution in [3.63, 3.8) is 0 Å². The minimum absolute atomic E-state index is 0.100. The van der Waals surface area contributed by atoms with E-state index >= 15 is 0 Å². The lowest BCUT2D eigenvalue weighted by Crippen LogP contribution is -2.45. The Hall–Kier alpha value is -1.04. The van der Waals surface area contributed by atoms with Crippen molar-refractivity contribution in [2.45, 2.75) is 23.8 Å². The Balaban J connectivity index is 2.03. The Morgan fingerprint density at radius 1 is 1.58 bits per heavy atom. The second-order valence-corrected chi connectivity index (χ2v) is 5.39. The molecule has 0 spiro atoms. The first-order valence-electron chi connectivity index (χ1n) is 6.27. The van der Waals surface area contributed by atoms with Crippen molar-refractivity contribution in [1.29, 1.82) is 0 Å². The number of carbonyl (C=O) groups excluding carboxylic acids is 1. The van der Waals surface area contributed by atoms with Crippen molar-refractivity contribution in [2.75, 3.05) is 26.9 Å². The van der Waals surface area contributed by atoms with Gasteiger partial charge in [-0.3, -0.25) is 4.79 Å². The summed E-state index contributed by atoms with van der Waals surface area (Å²) in [7, 11) is 1.65. The van der Waals surface area contributed by atoms with Crippen LogP contribution in [0.25, 0.3) is 0 Å². The molecular weight excluding hydrogens is 262 g/mol. The maximum Gasteiger partial charge on any atom is 0.251 e. The molecule has 1 heterocycles. The predicted molar refractivity (Wildman–Crippen MR) is 75.9 cm³/mol. The van der Waals surface area contributed by atoms with Gasteiger partial charge in [-0.05, 0) is 24.6 Å². The summed E-state index contributed by atoms with van der Waals surface area (Å²) < 4.78 is 10.8. The van der Waals surface area contributed by atoms with Crippen molar-refractivity contribution >= 4 is 18.5 Å². The maximum atomic E-state index is 12.2. The van der Waals surface area contributed by atoms with E-state index in [-0.39, 0.29) is 11.5 Å². The summed E-state index contributed by atoms with van der Waals surface area (Å²) in [4.78, 5) is 13.0. The number of thiol groups is 1. The van der Waals surface area contributed by atoms with Gasteiger partial charge in [-0.2, -0.15) is 0 Å². The van der Waals surface area contributed by atoms with Gasteiger partial charge in [-0.15, -0.1) is 12.6 Å². The van der Waals surface area contributed by atoms with E-state index in [0.717, 1.165) is 16.9 Å². The lowest BCUT2D eigenvalue weighted by atomic mass is 10.0. The topological polar surface area (TPSA) is 47.6 Å². The molecule has 0 radical (unpaired) electrons. The van der Waals surface area contributed by atoms with Crippen molar-refractivity contribution < 1.29 is 14.3 Å². The molecule has 104 valence electrons. The third kappa shape index (κ3) is 3.29. The molecule has 19 heavy (non-hydrogen) atoms. The van der Waals surface area contributed by atoms with Crippen LogP contribution >= 0.6 is 12.6 Å². The summed E-state index contributed by atoms with van der Waals surface area (Å²) >= 11 is 4.26. The molecular formula is C14H19NO3S. The SMILES string of the molecule is COC1(CNC(=O)c2cc(S)ccc2C)CCOC1. The van der Waals surface area contributed by atoms with Gasteiger partial charge in [0.1, 0.15) is 5.60 Å². The third-order valence-electron chi connectivity index (χ3n) is 3.54. The van der Waals surface area contributed by atoms with Gasteiger partial charge in [0.25, 0.3) is 5.91 Å². The standard InChI is InChI=1S/C14H19NO3S/c1-10-3-4-11(19)7-12(10)13(16)15-8-14(17-2)5-6-18-9-14/h3-4,7,19H,5-6,8-9H2,1-2H3,(H,15,16). The van der Waals surface area contributed by atoms with Crippen molar-refractivity contribution in [2.24, 2.45) is 0 Å². The zero-order chi connectivity index (χ0) is 13.9. The van der Waals surface area contributed by atoms with Crippen molar-refractivity contribution in [3.8, 4) is 0 Å². The number of hydrogen-bond donors (Lipinski definition) is 2. The number of aryl methyl sites for hydroxylation is 1. The Morgan fingerprint density at radius 3 is 3.00 bits per heavy atom. The first-order chi connectivity index (χ1) is 9.06. The van der Waals surface area contributed by atoms with E-state index in [0.29, 0.717) is 25.3 Å². The highest BCUT2D eigenvalue weighted by atomic mass is 32.1. The second kappa shape index (κ2) is 5.94. The Kier molecular flexibility index (Phi) is 4.50. The largest absolute Gasteiger partial charge is 0.378 e. The number of nitrogens with one attached hydrogen (secondary N) is 1. The van der Waals surface area contributed by atoms with E-state index in [1.54, 1.807) is 13.2 Å². The minimum atomic E-state index is -0.387. The Morgan fingerprint density at radius 2 is 2.37 bits per heavy atom. The Bertz CT molecular complexity index is 470. The van der Waals surface area contributed by atoms with Crippen LogP contribution in [-0.2, 0) is 9.47 Å². The lowest BCUT2D eigenvalue weighted by Gasteiger charge is -2.26. The quantitative estimate of drug-likeness (QED) is 0.828. The summed E-state index contributed by atoms with van der Waals surface area (Å²) in [6, 6.07) is 5.54. The molecule has 0 bridgehead atoms. The van der Waals surface area contributed by atoms with E-state index in [4.69, 9.17) is 9.47 Å². The molecule has 1 saturated heterocycles. The highest BCUT2D eigenvalue weighted by Crippen LogP contribution is 2.22. The van der Waals surface area contributed by atoms with Crippen molar-refractivity contribution in [3.05, 3.63) is 29.3 Å². The zero-order valence-electron chi connectivity index (χ0n) is 11.2. The molecule has 0 aliphatic carbocycles. The smallest absolute Gasteiger partial charge is 0.251 e. The van der Waals surface area contributed by atoms with Crippen LogP contribution in [0.1, 0.15) is 22.3 Å². The first kappa shape index (κ1) is 14.4. The highest BCUT2D eigenvalue weighted by Gasteiger charge is 2.35. The molecule has 1 aliphatic rings. The average Bonchev–Trinajstić information content (AvgIpc) is 2.88. The summed E-state index contributed by atoms with van der Waals surface area (Å²) in [6.45, 7) is 3.57. The average molecular weight is 281 g/mol. The van der Waals surface area contributed by atoms with Gasteiger partial charge in [-0.25, -0.2) is 0 Å². The molecule has 5 heteroatoms. The van der Waals surface area contributed by atoms with Gasteiger partial charge in [0.15, 0.2) is 0 Å². The van der Waals surface area contributed by atoms with Gasteiger partial charge in [-0.1, -0.05) is 6.07 Å². The maximum absolute atomic E-state index is 12.2. The fourth-order valence-electron chi connectivity index (χ4n) is 2.15. The number of methoxy groups -OCH3 is 1. The lowest BCUT2D eigenvalue weighted by molar-refractivity contribution is -0.0148. The summed E-state index contributed by atoms with van der Waals surface area (Å²) in [5.74, 6) is -0.100. The molecule has 4 nitrogen and oxygen atoms in total. The summed E-state index contributed by atoms with van der Waals surface area (Å²) in [5.41, 5.74) is 1.20. The van der Waals surface area contributed by atoms with Crippen molar-refractivity contribution in [1.82, 2.24) is 5.32 Å². The number of amides is 1. The van der Waals surface area contributed by atoms with Crippen LogP contribution in [0, 0.1) is 6.92 Å². The van der Waals surface area contributed by atoms with Gasteiger partial charge < -0.3 is 14.8 Å². The van der Waals surface area contributed by atoms with Gasteiger partial charge >= 0.3 is 0 Å². The molecule has 0 aromatic heterocycles. The number of carbonyl (C=O) groups is 1. The van der Waals surface area contributed by atoms with Gasteiger partial charge in [0.2, 0.25) is 0 Å². The number of rotatable bonds is 4. The monoisotopic (exact) mass is 281 g/mol. The molecule has 1 fully saturated rings. The molecule has 1 atom stereocenters. The highest BCUT2D eigenvalue weighted by molar-refractivity contribution is 7.80. The second-order valence-electron chi connectivity index (χ2n) is 4.87. The third-order valence-corrected chi connectivity index (χ3v) is 3.82. The number of ether oxygens (including phenoxy) is 2. The Labute approximate surface area is 118 Å². The van der Waals surface area contributed by atoms with Gasteiger partial charge in [0.05, 0.1) is 6.61 Å². The fraction of sp³-hybridized carbons (Fsp3) is 0.500. The van der Waals surface area contributed by atoms with E-state index in [1.807, 2.05) is 19.1 Å². The van der Waals surface area contributed by atoms with E-state index in [2.05, 4.69) is 17.9 Å². The van der Waals surface area contributed by atoms with Gasteiger partial charge in [0, 0.05) is 37.1 Å². The first-order valence-corrected chi connectivity index (χ1v) is 6.72. The molecule has 1 N–H and O–H groups in total. The summed E-state index contributed by atoms with van der Waals surface area (Å²) in [5, 5.41) is 2.92. The number of benzene rings is 1. The van der Waals surface area contributed by atoms with E-state index in [9.17, 15) is 4.79 Å². The minimum Gasteiger partial charge on any atom is -0.378 e. The molecule has 1 aromatic carbocycles. The van der Waals surface area contributed by atoms with Crippen LogP contribution < -0.4 is 5.32 Å². The molecule has 1 amide bonds. The van der Waals surface area contributed by atoms with Crippen LogP contribution in [0.2, 0.25) is 0 Å². The van der Waals surface area contributed by atoms with Crippen LogP contribution in [-0.4, -0.2) is 38.4 Å². The molecule has 0 saturated carbocycles. The van der Waals surface area contributed by atoms with Crippen LogP contribution in [0.15, 0.2) is 23.1 Å². The normalized spacial score (nSPS) is 22.5. The summed E-state index contributed by atoms with van der Waals surface area (Å²) in [6.07, 6.45) is 0.801. The van der Waals surface area contributed by atoms with E-state index < -0.39 is 0 Å². The van der Waals surface area contributed by atoms with Crippen LogP contribution in [0.4, 0.5) is 0 Å². The van der Waals surface area contributed by atoms with Crippen LogP contribution in [0.5, 0.6) is 0 Å². The molecule has 1 unspecified atom stereocenters. The number of hydrogen-bond acceptors (Lipinski definition) is 4. The molecule has 2 rings (SSSR count). The molecule has 1 aliphatic heterocycles. The molecule has 1 aromatic rings. The zero-order valence-corrected chi connectivity index (χ0v) is 12.1.